The zero-order valence-electron chi connectivity index (χ0n) is 18.4. The van der Waals surface area contributed by atoms with Crippen molar-refractivity contribution < 1.29 is 20.1 Å². The molecule has 0 aliphatic heterocycles. The molecule has 10 atom stereocenters. The largest absolute Gasteiger partial charge is 0.481 e. The summed E-state index contributed by atoms with van der Waals surface area (Å²) in [5, 5.41) is 32.4. The van der Waals surface area contributed by atoms with E-state index in [-0.39, 0.29) is 28.8 Å². The fourth-order valence-electron chi connectivity index (χ4n) is 9.26. The summed E-state index contributed by atoms with van der Waals surface area (Å²) in [6.45, 7) is 7.13. The lowest BCUT2D eigenvalue weighted by Crippen LogP contribution is -2.62. The van der Waals surface area contributed by atoms with E-state index in [9.17, 15) is 20.1 Å². The minimum Gasteiger partial charge on any atom is -0.481 e. The lowest BCUT2D eigenvalue weighted by atomic mass is 9.41. The highest BCUT2D eigenvalue weighted by atomic mass is 16.4. The Morgan fingerprint density at radius 2 is 1.83 bits per heavy atom. The maximum Gasteiger partial charge on any atom is 0.310 e. The second kappa shape index (κ2) is 7.20. The van der Waals surface area contributed by atoms with Gasteiger partial charge in [0.25, 0.3) is 0 Å². The summed E-state index contributed by atoms with van der Waals surface area (Å²) in [5.41, 5.74) is 4.82. The second-order valence-electron chi connectivity index (χ2n) is 11.4. The van der Waals surface area contributed by atoms with Gasteiger partial charge in [-0.2, -0.15) is 0 Å². The number of aliphatic carboxylic acids is 1. The molecule has 5 nitrogen and oxygen atoms in total. The average Bonchev–Trinajstić information content (AvgIpc) is 2.95. The smallest absolute Gasteiger partial charge is 0.310 e. The minimum absolute atomic E-state index is 0.0173. The van der Waals surface area contributed by atoms with Gasteiger partial charge in [-0.05, 0) is 105 Å². The number of rotatable bonds is 4. The van der Waals surface area contributed by atoms with Gasteiger partial charge in [0.2, 0.25) is 0 Å². The van der Waals surface area contributed by atoms with Crippen LogP contribution >= 0.6 is 0 Å². The van der Waals surface area contributed by atoms with Crippen LogP contribution < -0.4 is 5.73 Å². The molecular weight excluding hydrogens is 366 g/mol. The van der Waals surface area contributed by atoms with Gasteiger partial charge in [0.1, 0.15) is 0 Å². The number of carboxylic acid groups (broad SMARTS) is 1. The van der Waals surface area contributed by atoms with Crippen molar-refractivity contribution in [1.82, 2.24) is 0 Å². The number of aliphatic hydroxyl groups is 2. The number of carboxylic acids is 1. The fourth-order valence-corrected chi connectivity index (χ4v) is 9.26. The Bertz CT molecular complexity index is 655. The van der Waals surface area contributed by atoms with E-state index in [2.05, 4.69) is 13.8 Å². The zero-order valence-corrected chi connectivity index (χ0v) is 18.4. The van der Waals surface area contributed by atoms with Crippen LogP contribution in [0.15, 0.2) is 0 Å². The summed E-state index contributed by atoms with van der Waals surface area (Å²) < 4.78 is 0. The molecule has 29 heavy (non-hydrogen) atoms. The molecule has 5 N–H and O–H groups in total. The molecule has 166 valence electrons. The van der Waals surface area contributed by atoms with Gasteiger partial charge in [-0.3, -0.25) is 4.79 Å². The molecule has 4 aliphatic rings. The first-order valence-corrected chi connectivity index (χ1v) is 11.9. The summed E-state index contributed by atoms with van der Waals surface area (Å²) in [5.74, 6) is 0.991. The van der Waals surface area contributed by atoms with Gasteiger partial charge in [-0.15, -0.1) is 0 Å². The van der Waals surface area contributed by atoms with Crippen LogP contribution in [-0.2, 0) is 4.79 Å². The topological polar surface area (TPSA) is 104 Å². The first-order chi connectivity index (χ1) is 13.6. The molecule has 5 heteroatoms. The van der Waals surface area contributed by atoms with Gasteiger partial charge in [0.15, 0.2) is 0 Å². The number of hydrogen-bond acceptors (Lipinski definition) is 4. The van der Waals surface area contributed by atoms with Crippen LogP contribution in [0.3, 0.4) is 0 Å². The predicted molar refractivity (Wildman–Crippen MR) is 112 cm³/mol. The van der Waals surface area contributed by atoms with Gasteiger partial charge >= 0.3 is 5.97 Å². The summed E-state index contributed by atoms with van der Waals surface area (Å²) in [6, 6.07) is 0. The highest BCUT2D eigenvalue weighted by Gasteiger charge is 2.69. The molecule has 0 spiro atoms. The van der Waals surface area contributed by atoms with E-state index in [4.69, 9.17) is 5.73 Å². The second-order valence-corrected chi connectivity index (χ2v) is 11.4. The molecule has 0 saturated heterocycles. The average molecular weight is 408 g/mol. The third-order valence-corrected chi connectivity index (χ3v) is 10.7. The minimum atomic E-state index is -0.702. The van der Waals surface area contributed by atoms with E-state index < -0.39 is 17.5 Å². The van der Waals surface area contributed by atoms with E-state index in [1.54, 1.807) is 0 Å². The monoisotopic (exact) mass is 407 g/mol. The molecule has 4 rings (SSSR count). The molecule has 0 aromatic heterocycles. The van der Waals surface area contributed by atoms with Gasteiger partial charge < -0.3 is 21.1 Å². The maximum atomic E-state index is 12.4. The van der Waals surface area contributed by atoms with Gasteiger partial charge in [0.05, 0.1) is 17.6 Å². The van der Waals surface area contributed by atoms with E-state index in [0.29, 0.717) is 37.1 Å². The Kier molecular flexibility index (Phi) is 5.36. The SMILES string of the molecule is CCC1(C(=O)O)CC[C@H]2[C@@H]3CCC4CC(O)C(CCN)C[C@]4(C)[C@@H]3C(O)C[C@@]21C. The summed E-state index contributed by atoms with van der Waals surface area (Å²) in [4.78, 5) is 12.4. The normalized spacial score (nSPS) is 54.3. The molecular formula is C24H41NO4. The molecule has 5 unspecified atom stereocenters. The third kappa shape index (κ3) is 2.79. The van der Waals surface area contributed by atoms with Crippen LogP contribution in [0.2, 0.25) is 0 Å². The summed E-state index contributed by atoms with van der Waals surface area (Å²) >= 11 is 0. The Morgan fingerprint density at radius 3 is 2.45 bits per heavy atom. The predicted octanol–water partition coefficient (Wildman–Crippen LogP) is 3.42. The molecule has 4 fully saturated rings. The molecule has 0 amide bonds. The van der Waals surface area contributed by atoms with Gasteiger partial charge in [0, 0.05) is 0 Å². The molecule has 0 bridgehead atoms. The maximum absolute atomic E-state index is 12.4. The standard InChI is InChI=1S/C24H41NO4/c1-4-24(21(28)29)9-7-17-16-6-5-15-11-18(26)14(8-10-25)12-22(15,2)20(16)19(27)13-23(17,24)3/h14-20,26-27H,4-13,25H2,1-3H3,(H,28,29)/t14?,15?,16-,17-,18?,19?,20-,22-,23-,24?/m0/s1. The Hall–Kier alpha value is -0.650. The van der Waals surface area contributed by atoms with Crippen molar-refractivity contribution in [2.24, 2.45) is 51.6 Å². The first-order valence-electron chi connectivity index (χ1n) is 11.9. The molecule has 0 aromatic carbocycles. The highest BCUT2D eigenvalue weighted by Crippen LogP contribution is 2.71. The summed E-state index contributed by atoms with van der Waals surface area (Å²) in [6.07, 6.45) is 7.00. The number of aliphatic hydroxyl groups excluding tert-OH is 2. The lowest BCUT2D eigenvalue weighted by Gasteiger charge is -2.64. The number of carbonyl (C=O) groups is 1. The van der Waals surface area contributed by atoms with Gasteiger partial charge in [-0.25, -0.2) is 0 Å². The van der Waals surface area contributed by atoms with Crippen LogP contribution in [0.4, 0.5) is 0 Å². The number of fused-ring (bicyclic) bond motifs is 5. The lowest BCUT2D eigenvalue weighted by molar-refractivity contribution is -0.202. The Balaban J connectivity index is 1.69. The zero-order chi connectivity index (χ0) is 21.2. The summed E-state index contributed by atoms with van der Waals surface area (Å²) in [7, 11) is 0. The Labute approximate surface area is 175 Å². The molecule has 4 aliphatic carbocycles. The fraction of sp³-hybridized carbons (Fsp3) is 0.958. The number of hydrogen-bond donors (Lipinski definition) is 4. The van der Waals surface area contributed by atoms with Crippen LogP contribution in [0.5, 0.6) is 0 Å². The molecule has 0 radical (unpaired) electrons. The third-order valence-electron chi connectivity index (χ3n) is 10.7. The van der Waals surface area contributed by atoms with Crippen molar-refractivity contribution in [2.45, 2.75) is 90.8 Å². The van der Waals surface area contributed by atoms with Crippen molar-refractivity contribution in [3.8, 4) is 0 Å². The van der Waals surface area contributed by atoms with E-state index in [1.165, 1.54) is 0 Å². The Morgan fingerprint density at radius 1 is 1.10 bits per heavy atom. The van der Waals surface area contributed by atoms with E-state index in [1.807, 2.05) is 6.92 Å². The van der Waals surface area contributed by atoms with Crippen molar-refractivity contribution in [2.75, 3.05) is 6.54 Å². The first kappa shape index (κ1) is 21.6. The van der Waals surface area contributed by atoms with Crippen LogP contribution in [-0.4, -0.2) is 40.0 Å². The highest BCUT2D eigenvalue weighted by molar-refractivity contribution is 5.76. The van der Waals surface area contributed by atoms with E-state index in [0.717, 1.165) is 44.9 Å². The van der Waals surface area contributed by atoms with E-state index >= 15 is 0 Å². The van der Waals surface area contributed by atoms with Crippen molar-refractivity contribution in [3.05, 3.63) is 0 Å². The van der Waals surface area contributed by atoms with Crippen LogP contribution in [0.25, 0.3) is 0 Å². The molecule has 4 saturated carbocycles. The quantitative estimate of drug-likeness (QED) is 0.572. The van der Waals surface area contributed by atoms with Crippen molar-refractivity contribution >= 4 is 5.97 Å². The molecule has 0 aromatic rings. The number of nitrogens with two attached hydrogens (primary N) is 1. The van der Waals surface area contributed by atoms with Crippen molar-refractivity contribution in [3.63, 3.8) is 0 Å². The molecule has 0 heterocycles. The van der Waals surface area contributed by atoms with Crippen LogP contribution in [0.1, 0.15) is 78.6 Å². The van der Waals surface area contributed by atoms with Crippen LogP contribution in [0, 0.1) is 45.8 Å². The van der Waals surface area contributed by atoms with Gasteiger partial charge in [-0.1, -0.05) is 20.8 Å². The van der Waals surface area contributed by atoms with Crippen molar-refractivity contribution in [1.29, 1.82) is 0 Å².